The highest BCUT2D eigenvalue weighted by Crippen LogP contribution is 1.97. The molecule has 1 N–H and O–H groups in total. The topological polar surface area (TPSA) is 55.8 Å². The summed E-state index contributed by atoms with van der Waals surface area (Å²) in [6.45, 7) is 7.13. The summed E-state index contributed by atoms with van der Waals surface area (Å²) in [6, 6.07) is 0. The molecule has 0 heterocycles. The summed E-state index contributed by atoms with van der Waals surface area (Å²) in [6.07, 6.45) is 3.36. The molecule has 0 rings (SSSR count). The zero-order valence-electron chi connectivity index (χ0n) is 10.0. The number of rotatable bonds is 10. The number of hydrogen-bond donors (Lipinski definition) is 1. The molecule has 0 atom stereocenters. The molecule has 0 aliphatic carbocycles. The van der Waals surface area contributed by atoms with Crippen molar-refractivity contribution in [1.29, 1.82) is 0 Å². The number of aliphatic hydroxyl groups is 1. The van der Waals surface area contributed by atoms with E-state index in [-0.39, 0.29) is 12.6 Å². The van der Waals surface area contributed by atoms with Crippen molar-refractivity contribution < 1.29 is 19.4 Å². The van der Waals surface area contributed by atoms with Gasteiger partial charge in [0.1, 0.15) is 0 Å². The number of carbonyl (C=O) groups excluding carboxylic acids is 1. The Morgan fingerprint density at radius 2 is 1.69 bits per heavy atom. The summed E-state index contributed by atoms with van der Waals surface area (Å²) in [5.74, 6) is -0.330. The molecule has 0 aliphatic rings. The zero-order valence-corrected chi connectivity index (χ0v) is 10.0. The molecule has 0 aromatic carbocycles. The van der Waals surface area contributed by atoms with E-state index >= 15 is 0 Å². The third-order valence-electron chi connectivity index (χ3n) is 1.96. The van der Waals surface area contributed by atoms with Crippen LogP contribution in [-0.2, 0) is 14.3 Å². The van der Waals surface area contributed by atoms with E-state index < -0.39 is 0 Å². The molecule has 0 amide bonds. The highest BCUT2D eigenvalue weighted by Gasteiger charge is 2.01. The summed E-state index contributed by atoms with van der Waals surface area (Å²) < 4.78 is 10.2. The van der Waals surface area contributed by atoms with Crippen molar-refractivity contribution in [3.8, 4) is 0 Å². The molecule has 0 saturated carbocycles. The summed E-state index contributed by atoms with van der Waals surface area (Å²) in [4.78, 5) is 11.0. The van der Waals surface area contributed by atoms with Gasteiger partial charge in [-0.05, 0) is 32.6 Å². The first-order chi connectivity index (χ1) is 7.68. The largest absolute Gasteiger partial charge is 0.462 e. The molecule has 0 aromatic heterocycles. The lowest BCUT2D eigenvalue weighted by atomic mass is 10.3. The van der Waals surface area contributed by atoms with Gasteiger partial charge in [-0.15, -0.1) is 0 Å². The summed E-state index contributed by atoms with van der Waals surface area (Å²) in [5, 5.41) is 8.52. The van der Waals surface area contributed by atoms with Crippen molar-refractivity contribution in [3.05, 3.63) is 12.2 Å². The minimum absolute atomic E-state index is 0.222. The Hall–Kier alpha value is -0.870. The number of unbranched alkanes of at least 4 members (excludes halogenated alkanes) is 2. The lowest BCUT2D eigenvalue weighted by molar-refractivity contribution is -0.139. The number of esters is 1. The molecule has 4 nitrogen and oxygen atoms in total. The maximum Gasteiger partial charge on any atom is 0.333 e. The summed E-state index contributed by atoms with van der Waals surface area (Å²) >= 11 is 0. The van der Waals surface area contributed by atoms with Crippen LogP contribution in [0.25, 0.3) is 0 Å². The van der Waals surface area contributed by atoms with Gasteiger partial charge in [-0.1, -0.05) is 6.58 Å². The molecule has 0 fully saturated rings. The van der Waals surface area contributed by atoms with Crippen LogP contribution in [0.15, 0.2) is 12.2 Å². The third kappa shape index (κ3) is 9.68. The smallest absolute Gasteiger partial charge is 0.333 e. The second-order valence-electron chi connectivity index (χ2n) is 3.67. The highest BCUT2D eigenvalue weighted by atomic mass is 16.5. The van der Waals surface area contributed by atoms with Crippen molar-refractivity contribution in [2.45, 2.75) is 32.6 Å². The Morgan fingerprint density at radius 3 is 2.25 bits per heavy atom. The molecule has 0 radical (unpaired) electrons. The molecular formula is C12H22O4. The lowest BCUT2D eigenvalue weighted by Crippen LogP contribution is -2.07. The van der Waals surface area contributed by atoms with Crippen LogP contribution in [0.5, 0.6) is 0 Å². The van der Waals surface area contributed by atoms with Crippen LogP contribution in [0, 0.1) is 0 Å². The average Bonchev–Trinajstić information content (AvgIpc) is 2.26. The third-order valence-corrected chi connectivity index (χ3v) is 1.96. The molecule has 0 aliphatic heterocycles. The van der Waals surface area contributed by atoms with Gasteiger partial charge in [0, 0.05) is 25.4 Å². The Labute approximate surface area is 97.2 Å². The summed E-state index contributed by atoms with van der Waals surface area (Å²) in [7, 11) is 0. The monoisotopic (exact) mass is 230 g/mol. The van der Waals surface area contributed by atoms with Gasteiger partial charge in [-0.25, -0.2) is 4.79 Å². The van der Waals surface area contributed by atoms with Gasteiger partial charge in [-0.2, -0.15) is 0 Å². The Kier molecular flexibility index (Phi) is 10.1. The Bertz CT molecular complexity index is 201. The van der Waals surface area contributed by atoms with E-state index in [4.69, 9.17) is 14.6 Å². The molecule has 0 unspecified atom stereocenters. The van der Waals surface area contributed by atoms with Crippen LogP contribution < -0.4 is 0 Å². The molecule has 94 valence electrons. The predicted molar refractivity (Wildman–Crippen MR) is 62.1 cm³/mol. The predicted octanol–water partition coefficient (Wildman–Crippen LogP) is 1.68. The first kappa shape index (κ1) is 15.1. The lowest BCUT2D eigenvalue weighted by Gasteiger charge is -2.05. The first-order valence-electron chi connectivity index (χ1n) is 5.69. The van der Waals surface area contributed by atoms with E-state index in [1.807, 2.05) is 0 Å². The first-order valence-corrected chi connectivity index (χ1v) is 5.69. The maximum absolute atomic E-state index is 11.0. The van der Waals surface area contributed by atoms with E-state index in [9.17, 15) is 4.79 Å². The van der Waals surface area contributed by atoms with Crippen LogP contribution in [-0.4, -0.2) is 37.5 Å². The SMILES string of the molecule is C=C(C)C(=O)OCCCCOCCCCO. The molecular weight excluding hydrogens is 208 g/mol. The van der Waals surface area contributed by atoms with Gasteiger partial charge >= 0.3 is 5.97 Å². The molecule has 0 saturated heterocycles. The van der Waals surface area contributed by atoms with E-state index in [1.54, 1.807) is 6.92 Å². The number of ether oxygens (including phenoxy) is 2. The van der Waals surface area contributed by atoms with Gasteiger partial charge < -0.3 is 14.6 Å². The van der Waals surface area contributed by atoms with E-state index in [2.05, 4.69) is 6.58 Å². The molecule has 4 heteroatoms. The van der Waals surface area contributed by atoms with Crippen molar-refractivity contribution in [1.82, 2.24) is 0 Å². The molecule has 16 heavy (non-hydrogen) atoms. The van der Waals surface area contributed by atoms with E-state index in [1.165, 1.54) is 0 Å². The summed E-state index contributed by atoms with van der Waals surface area (Å²) in [5.41, 5.74) is 0.431. The Morgan fingerprint density at radius 1 is 1.12 bits per heavy atom. The van der Waals surface area contributed by atoms with E-state index in [0.717, 1.165) is 25.7 Å². The molecule has 0 bridgehead atoms. The number of aliphatic hydroxyl groups excluding tert-OH is 1. The van der Waals surface area contributed by atoms with Crippen LogP contribution in [0.4, 0.5) is 0 Å². The van der Waals surface area contributed by atoms with Gasteiger partial charge in [0.2, 0.25) is 0 Å². The standard InChI is InChI=1S/C12H22O4/c1-11(2)12(14)16-10-6-5-9-15-8-4-3-7-13/h13H,1,3-10H2,2H3. The van der Waals surface area contributed by atoms with Crippen LogP contribution in [0.1, 0.15) is 32.6 Å². The fraction of sp³-hybridized carbons (Fsp3) is 0.750. The maximum atomic E-state index is 11.0. The minimum atomic E-state index is -0.330. The van der Waals surface area contributed by atoms with Gasteiger partial charge in [0.05, 0.1) is 6.61 Å². The van der Waals surface area contributed by atoms with Crippen LogP contribution in [0.2, 0.25) is 0 Å². The number of carbonyl (C=O) groups is 1. The van der Waals surface area contributed by atoms with Crippen molar-refractivity contribution in [3.63, 3.8) is 0 Å². The second kappa shape index (κ2) is 10.6. The molecule has 0 spiro atoms. The zero-order chi connectivity index (χ0) is 12.2. The van der Waals surface area contributed by atoms with Crippen LogP contribution in [0.3, 0.4) is 0 Å². The van der Waals surface area contributed by atoms with Crippen LogP contribution >= 0.6 is 0 Å². The highest BCUT2D eigenvalue weighted by molar-refractivity contribution is 5.86. The number of hydrogen-bond acceptors (Lipinski definition) is 4. The van der Waals surface area contributed by atoms with Crippen molar-refractivity contribution >= 4 is 5.97 Å². The van der Waals surface area contributed by atoms with Crippen molar-refractivity contribution in [2.75, 3.05) is 26.4 Å². The minimum Gasteiger partial charge on any atom is -0.462 e. The van der Waals surface area contributed by atoms with Crippen molar-refractivity contribution in [2.24, 2.45) is 0 Å². The second-order valence-corrected chi connectivity index (χ2v) is 3.67. The van der Waals surface area contributed by atoms with Gasteiger partial charge in [0.15, 0.2) is 0 Å². The van der Waals surface area contributed by atoms with Gasteiger partial charge in [-0.3, -0.25) is 0 Å². The normalized spacial score (nSPS) is 10.1. The van der Waals surface area contributed by atoms with Gasteiger partial charge in [0.25, 0.3) is 0 Å². The Balaban J connectivity index is 3.10. The van der Waals surface area contributed by atoms with E-state index in [0.29, 0.717) is 25.4 Å². The fourth-order valence-corrected chi connectivity index (χ4v) is 1.01. The average molecular weight is 230 g/mol. The molecule has 0 aromatic rings. The fourth-order valence-electron chi connectivity index (χ4n) is 1.01. The quantitative estimate of drug-likeness (QED) is 0.352.